The Morgan fingerprint density at radius 2 is 1.97 bits per heavy atom. The van der Waals surface area contributed by atoms with E-state index in [1.807, 2.05) is 31.6 Å². The van der Waals surface area contributed by atoms with Gasteiger partial charge in [-0.15, -0.1) is 5.10 Å². The highest BCUT2D eigenvalue weighted by atomic mass is 16.6. The fourth-order valence-electron chi connectivity index (χ4n) is 3.65. The Hall–Kier alpha value is -2.42. The molecule has 2 aliphatic rings. The smallest absolute Gasteiger partial charge is 0.410 e. The molecule has 1 unspecified atom stereocenters. The quantitative estimate of drug-likeness (QED) is 0.712. The molecule has 9 nitrogen and oxygen atoms in total. The van der Waals surface area contributed by atoms with Crippen molar-refractivity contribution >= 4 is 12.0 Å². The maximum atomic E-state index is 12.2. The van der Waals surface area contributed by atoms with E-state index in [0.717, 1.165) is 44.8 Å². The third-order valence-corrected chi connectivity index (χ3v) is 5.28. The molecule has 3 rings (SSSR count). The second-order valence-corrected chi connectivity index (χ2v) is 8.69. The van der Waals surface area contributed by atoms with E-state index in [1.54, 1.807) is 16.0 Å². The zero-order valence-electron chi connectivity index (χ0n) is 17.7. The molecular formula is C20H32N6O3. The number of nitrogens with zero attached hydrogens (tertiary/aromatic N) is 6. The van der Waals surface area contributed by atoms with E-state index < -0.39 is 5.60 Å². The number of carbonyl (C=O) groups is 2. The second-order valence-electron chi connectivity index (χ2n) is 8.69. The van der Waals surface area contributed by atoms with Crippen LogP contribution in [0.25, 0.3) is 0 Å². The Morgan fingerprint density at radius 3 is 2.59 bits per heavy atom. The number of ether oxygens (including phenoxy) is 1. The lowest BCUT2D eigenvalue weighted by atomic mass is 10.0. The van der Waals surface area contributed by atoms with Crippen molar-refractivity contribution in [3.63, 3.8) is 0 Å². The second kappa shape index (κ2) is 8.94. The Kier molecular flexibility index (Phi) is 6.56. The summed E-state index contributed by atoms with van der Waals surface area (Å²) in [4.78, 5) is 30.1. The number of likely N-dealkylation sites (tertiary alicyclic amines) is 1. The summed E-state index contributed by atoms with van der Waals surface area (Å²) < 4.78 is 7.27. The molecular weight excluding hydrogens is 372 g/mol. The van der Waals surface area contributed by atoms with Crippen molar-refractivity contribution in [2.75, 3.05) is 39.3 Å². The number of rotatable bonds is 6. The third-order valence-electron chi connectivity index (χ3n) is 5.28. The van der Waals surface area contributed by atoms with Gasteiger partial charge in [0.05, 0.1) is 12.2 Å². The fourth-order valence-corrected chi connectivity index (χ4v) is 3.65. The summed E-state index contributed by atoms with van der Waals surface area (Å²) in [6, 6.07) is 0. The van der Waals surface area contributed by atoms with Crippen LogP contribution in [0.3, 0.4) is 0 Å². The summed E-state index contributed by atoms with van der Waals surface area (Å²) in [5.41, 5.74) is 0.385. The van der Waals surface area contributed by atoms with Crippen molar-refractivity contribution in [3.8, 4) is 0 Å². The number of aromatic nitrogens is 3. The summed E-state index contributed by atoms with van der Waals surface area (Å²) in [6.45, 7) is 14.6. The number of amides is 2. The molecule has 0 aromatic carbocycles. The van der Waals surface area contributed by atoms with E-state index in [1.165, 1.54) is 0 Å². The Bertz CT molecular complexity index is 733. The molecule has 0 N–H and O–H groups in total. The first-order valence-electron chi connectivity index (χ1n) is 10.3. The number of carbonyl (C=O) groups excluding carboxylic acids is 2. The molecule has 2 fully saturated rings. The van der Waals surface area contributed by atoms with Gasteiger partial charge < -0.3 is 14.5 Å². The minimum atomic E-state index is -0.466. The summed E-state index contributed by atoms with van der Waals surface area (Å²) in [5, 5.41) is 8.43. The Morgan fingerprint density at radius 1 is 1.24 bits per heavy atom. The van der Waals surface area contributed by atoms with Crippen LogP contribution in [-0.4, -0.2) is 86.6 Å². The average Bonchev–Trinajstić information content (AvgIpc) is 3.26. The Labute approximate surface area is 172 Å². The molecule has 0 radical (unpaired) electrons. The highest BCUT2D eigenvalue weighted by Gasteiger charge is 2.31. The van der Waals surface area contributed by atoms with Gasteiger partial charge in [-0.1, -0.05) is 11.8 Å². The first kappa shape index (κ1) is 21.3. The van der Waals surface area contributed by atoms with Crippen LogP contribution < -0.4 is 0 Å². The number of hydrogen-bond donors (Lipinski definition) is 0. The van der Waals surface area contributed by atoms with Crippen molar-refractivity contribution in [1.29, 1.82) is 0 Å². The zero-order valence-corrected chi connectivity index (χ0v) is 17.7. The first-order valence-corrected chi connectivity index (χ1v) is 10.3. The van der Waals surface area contributed by atoms with Crippen LogP contribution in [-0.2, 0) is 22.5 Å². The molecule has 2 aliphatic heterocycles. The topological polar surface area (TPSA) is 83.8 Å². The molecule has 1 aromatic heterocycles. The van der Waals surface area contributed by atoms with Crippen molar-refractivity contribution in [2.24, 2.45) is 5.92 Å². The maximum absolute atomic E-state index is 12.2. The van der Waals surface area contributed by atoms with Crippen LogP contribution in [0.15, 0.2) is 19.0 Å². The monoisotopic (exact) mass is 404 g/mol. The van der Waals surface area contributed by atoms with E-state index in [4.69, 9.17) is 4.74 Å². The lowest BCUT2D eigenvalue weighted by molar-refractivity contribution is -0.128. The van der Waals surface area contributed by atoms with Gasteiger partial charge in [-0.2, -0.15) is 0 Å². The van der Waals surface area contributed by atoms with Gasteiger partial charge in [0.15, 0.2) is 0 Å². The van der Waals surface area contributed by atoms with Gasteiger partial charge in [0, 0.05) is 57.8 Å². The van der Waals surface area contributed by atoms with Crippen LogP contribution in [0.1, 0.15) is 32.9 Å². The summed E-state index contributed by atoms with van der Waals surface area (Å²) in [7, 11) is 0. The summed E-state index contributed by atoms with van der Waals surface area (Å²) >= 11 is 0. The third kappa shape index (κ3) is 5.79. The SMILES string of the molecule is C=CN1CCC(Cc2cn(CCN3CCN(C(=O)OC(C)(C)C)CC3)nn2)C1=O. The molecule has 2 saturated heterocycles. The van der Waals surface area contributed by atoms with Gasteiger partial charge in [-0.3, -0.25) is 14.4 Å². The van der Waals surface area contributed by atoms with Crippen LogP contribution in [0.5, 0.6) is 0 Å². The molecule has 1 atom stereocenters. The predicted molar refractivity (Wildman–Crippen MR) is 108 cm³/mol. The largest absolute Gasteiger partial charge is 0.444 e. The molecule has 0 spiro atoms. The highest BCUT2D eigenvalue weighted by Crippen LogP contribution is 2.21. The van der Waals surface area contributed by atoms with E-state index in [9.17, 15) is 9.59 Å². The lowest BCUT2D eigenvalue weighted by Gasteiger charge is -2.35. The molecule has 3 heterocycles. The normalized spacial score (nSPS) is 20.9. The van der Waals surface area contributed by atoms with Gasteiger partial charge >= 0.3 is 6.09 Å². The van der Waals surface area contributed by atoms with Crippen LogP contribution in [0, 0.1) is 5.92 Å². The first-order chi connectivity index (χ1) is 13.7. The standard InChI is InChI=1S/C20H32N6O3/c1-5-24-7-6-16(18(24)27)14-17-15-26(22-21-17)13-10-23-8-11-25(12-9-23)19(28)29-20(2,3)4/h5,15-16H,1,6-14H2,2-4H3. The van der Waals surface area contributed by atoms with Gasteiger partial charge in [0.1, 0.15) is 5.60 Å². The van der Waals surface area contributed by atoms with E-state index in [2.05, 4.69) is 21.8 Å². The highest BCUT2D eigenvalue weighted by molar-refractivity contribution is 5.82. The summed E-state index contributed by atoms with van der Waals surface area (Å²) in [6.07, 6.45) is 4.74. The van der Waals surface area contributed by atoms with Gasteiger partial charge in [-0.05, 0) is 33.4 Å². The molecule has 1 aromatic rings. The lowest BCUT2D eigenvalue weighted by Crippen LogP contribution is -2.50. The average molecular weight is 405 g/mol. The molecule has 29 heavy (non-hydrogen) atoms. The minimum Gasteiger partial charge on any atom is -0.444 e. The summed E-state index contributed by atoms with van der Waals surface area (Å²) in [5.74, 6) is 0.0940. The van der Waals surface area contributed by atoms with Crippen molar-refractivity contribution in [2.45, 2.75) is 45.8 Å². The van der Waals surface area contributed by atoms with Crippen molar-refractivity contribution in [3.05, 3.63) is 24.7 Å². The predicted octanol–water partition coefficient (Wildman–Crippen LogP) is 1.37. The molecule has 0 aliphatic carbocycles. The number of hydrogen-bond acceptors (Lipinski definition) is 6. The molecule has 9 heteroatoms. The molecule has 0 saturated carbocycles. The maximum Gasteiger partial charge on any atom is 0.410 e. The van der Waals surface area contributed by atoms with Gasteiger partial charge in [0.25, 0.3) is 0 Å². The fraction of sp³-hybridized carbons (Fsp3) is 0.700. The zero-order chi connectivity index (χ0) is 21.0. The minimum absolute atomic E-state index is 0.0286. The van der Waals surface area contributed by atoms with Crippen LogP contribution in [0.4, 0.5) is 4.79 Å². The Balaban J connectivity index is 1.40. The molecule has 160 valence electrons. The van der Waals surface area contributed by atoms with Crippen LogP contribution >= 0.6 is 0 Å². The number of piperazine rings is 1. The molecule has 0 bridgehead atoms. The van der Waals surface area contributed by atoms with Crippen molar-refractivity contribution < 1.29 is 14.3 Å². The van der Waals surface area contributed by atoms with E-state index >= 15 is 0 Å². The van der Waals surface area contributed by atoms with E-state index in [-0.39, 0.29) is 17.9 Å². The van der Waals surface area contributed by atoms with Crippen molar-refractivity contribution in [1.82, 2.24) is 29.7 Å². The van der Waals surface area contributed by atoms with Crippen LogP contribution in [0.2, 0.25) is 0 Å². The van der Waals surface area contributed by atoms with Gasteiger partial charge in [0.2, 0.25) is 5.91 Å². The van der Waals surface area contributed by atoms with E-state index in [0.29, 0.717) is 19.5 Å². The van der Waals surface area contributed by atoms with Gasteiger partial charge in [-0.25, -0.2) is 4.79 Å². The molecule has 2 amide bonds.